The lowest BCUT2D eigenvalue weighted by molar-refractivity contribution is -0.138. The Labute approximate surface area is 206 Å². The Morgan fingerprint density at radius 2 is 2.03 bits per heavy atom. The van der Waals surface area contributed by atoms with E-state index in [1.807, 2.05) is 6.07 Å². The van der Waals surface area contributed by atoms with Crippen molar-refractivity contribution in [3.63, 3.8) is 0 Å². The zero-order valence-corrected chi connectivity index (χ0v) is 19.7. The van der Waals surface area contributed by atoms with Gasteiger partial charge >= 0.3 is 5.97 Å². The third-order valence-electron chi connectivity index (χ3n) is 5.52. The topological polar surface area (TPSA) is 142 Å². The predicted molar refractivity (Wildman–Crippen MR) is 129 cm³/mol. The fraction of sp³-hybridized carbons (Fsp3) is 0.304. The molecule has 3 heterocycles. The lowest BCUT2D eigenvalue weighted by Crippen LogP contribution is -2.37. The number of nitrogens with one attached hydrogen (secondary N) is 2. The van der Waals surface area contributed by atoms with Crippen LogP contribution >= 0.6 is 11.6 Å². The monoisotopic (exact) mass is 497 g/mol. The molecule has 0 spiro atoms. The fourth-order valence-electron chi connectivity index (χ4n) is 3.76. The molecule has 0 radical (unpaired) electrons. The molecule has 2 aromatic heterocycles. The van der Waals surface area contributed by atoms with Gasteiger partial charge in [0.1, 0.15) is 29.0 Å². The van der Waals surface area contributed by atoms with E-state index in [1.165, 1.54) is 13.3 Å². The quantitative estimate of drug-likeness (QED) is 0.403. The molecule has 12 heteroatoms. The lowest BCUT2D eigenvalue weighted by atomic mass is 10.2. The maximum Gasteiger partial charge on any atom is 0.326 e. The number of carboxylic acid groups (broad SMARTS) is 1. The van der Waals surface area contributed by atoms with Crippen molar-refractivity contribution in [2.24, 2.45) is 0 Å². The van der Waals surface area contributed by atoms with Gasteiger partial charge in [-0.1, -0.05) is 17.7 Å². The maximum atomic E-state index is 13.0. The number of hydrogen-bond donors (Lipinski definition) is 3. The smallest absolute Gasteiger partial charge is 0.326 e. The average molecular weight is 498 g/mol. The highest BCUT2D eigenvalue weighted by Crippen LogP contribution is 2.27. The van der Waals surface area contributed by atoms with Gasteiger partial charge in [0.2, 0.25) is 5.95 Å². The van der Waals surface area contributed by atoms with Gasteiger partial charge in [-0.05, 0) is 36.6 Å². The van der Waals surface area contributed by atoms with Crippen LogP contribution in [0.3, 0.4) is 0 Å². The third kappa shape index (κ3) is 5.75. The minimum atomic E-state index is -0.932. The summed E-state index contributed by atoms with van der Waals surface area (Å²) in [5, 5.41) is 15.9. The van der Waals surface area contributed by atoms with Crippen molar-refractivity contribution < 1.29 is 19.4 Å². The Morgan fingerprint density at radius 1 is 1.23 bits per heavy atom. The van der Waals surface area contributed by atoms with Crippen LogP contribution in [0.15, 0.2) is 42.9 Å². The van der Waals surface area contributed by atoms with E-state index in [0.717, 1.165) is 5.56 Å². The first-order chi connectivity index (χ1) is 17.0. The predicted octanol–water partition coefficient (Wildman–Crippen LogP) is 2.52. The molecule has 1 fully saturated rings. The summed E-state index contributed by atoms with van der Waals surface area (Å²) >= 11 is 6.23. The molecule has 1 atom stereocenters. The van der Waals surface area contributed by atoms with Crippen molar-refractivity contribution in [1.29, 1.82) is 0 Å². The molecule has 11 nitrogen and oxygen atoms in total. The number of carbonyl (C=O) groups is 2. The van der Waals surface area contributed by atoms with E-state index in [9.17, 15) is 14.7 Å². The first-order valence-electron chi connectivity index (χ1n) is 10.9. The summed E-state index contributed by atoms with van der Waals surface area (Å²) in [5.41, 5.74) is 1.04. The molecule has 1 saturated heterocycles. The number of hydrogen-bond acceptors (Lipinski definition) is 9. The highest BCUT2D eigenvalue weighted by molar-refractivity contribution is 6.32. The van der Waals surface area contributed by atoms with E-state index in [1.54, 1.807) is 35.5 Å². The van der Waals surface area contributed by atoms with Crippen molar-refractivity contribution in [2.75, 3.05) is 23.9 Å². The number of nitrogens with zero attached hydrogens (tertiary/aromatic N) is 5. The molecule has 182 valence electrons. The number of halogens is 1. The number of carbonyl (C=O) groups excluding carboxylic acids is 1. The molecule has 4 rings (SSSR count). The average Bonchev–Trinajstić information content (AvgIpc) is 3.37. The van der Waals surface area contributed by atoms with Crippen LogP contribution in [0.25, 0.3) is 0 Å². The molecule has 3 aromatic rings. The van der Waals surface area contributed by atoms with Crippen LogP contribution < -0.4 is 20.3 Å². The van der Waals surface area contributed by atoms with Gasteiger partial charge in [0, 0.05) is 31.7 Å². The zero-order chi connectivity index (χ0) is 24.8. The van der Waals surface area contributed by atoms with Crippen LogP contribution in [0.4, 0.5) is 11.8 Å². The Balaban J connectivity index is 1.58. The molecule has 0 unspecified atom stereocenters. The van der Waals surface area contributed by atoms with E-state index in [4.69, 9.17) is 16.3 Å². The molecule has 0 saturated carbocycles. The Morgan fingerprint density at radius 3 is 2.74 bits per heavy atom. The summed E-state index contributed by atoms with van der Waals surface area (Å²) in [6.07, 6.45) is 5.80. The van der Waals surface area contributed by atoms with Gasteiger partial charge in [-0.2, -0.15) is 4.98 Å². The Bertz CT molecular complexity index is 1210. The molecule has 1 aromatic carbocycles. The fourth-order valence-corrected chi connectivity index (χ4v) is 4.04. The number of aliphatic carboxylic acids is 1. The van der Waals surface area contributed by atoms with Crippen LogP contribution in [0, 0.1) is 0 Å². The van der Waals surface area contributed by atoms with Crippen molar-refractivity contribution in [3.05, 3.63) is 64.8 Å². The normalized spacial score (nSPS) is 15.0. The van der Waals surface area contributed by atoms with Crippen molar-refractivity contribution in [2.45, 2.75) is 32.0 Å². The van der Waals surface area contributed by atoms with E-state index in [-0.39, 0.29) is 23.9 Å². The van der Waals surface area contributed by atoms with E-state index in [2.05, 4.69) is 30.6 Å². The van der Waals surface area contributed by atoms with E-state index in [0.29, 0.717) is 42.5 Å². The van der Waals surface area contributed by atoms with Crippen LogP contribution in [-0.2, 0) is 17.9 Å². The van der Waals surface area contributed by atoms with E-state index < -0.39 is 17.9 Å². The summed E-state index contributed by atoms with van der Waals surface area (Å²) in [6, 6.07) is 6.32. The first-order valence-corrected chi connectivity index (χ1v) is 11.3. The number of anilines is 2. The lowest BCUT2D eigenvalue weighted by Gasteiger charge is -2.22. The minimum Gasteiger partial charge on any atom is -0.495 e. The number of methoxy groups -OCH3 is 1. The number of rotatable bonds is 9. The molecular weight excluding hydrogens is 474 g/mol. The standard InChI is InChI=1S/C23H24ClN7O4/c1-35-18-6-5-14(10-16(18)24)11-27-20-15(21(32)28-13-19-25-7-3-8-26-19)12-29-23(30-20)31-9-2-4-17(31)22(33)34/h3,5-8,10,12,17H,2,4,9,11,13H2,1H3,(H,28,32)(H,33,34)(H,27,29,30)/t17-/m0/s1. The third-order valence-corrected chi connectivity index (χ3v) is 5.81. The van der Waals surface area contributed by atoms with E-state index >= 15 is 0 Å². The van der Waals surface area contributed by atoms with Crippen LogP contribution in [0.1, 0.15) is 34.6 Å². The van der Waals surface area contributed by atoms with Gasteiger partial charge < -0.3 is 25.4 Å². The SMILES string of the molecule is COc1ccc(CNc2nc(N3CCC[C@H]3C(=O)O)ncc2C(=O)NCc2ncccn2)cc1Cl. The molecule has 3 N–H and O–H groups in total. The van der Waals surface area contributed by atoms with Gasteiger partial charge in [-0.15, -0.1) is 0 Å². The highest BCUT2D eigenvalue weighted by Gasteiger charge is 2.33. The molecular formula is C23H24ClN7O4. The highest BCUT2D eigenvalue weighted by atomic mass is 35.5. The first kappa shape index (κ1) is 24.1. The summed E-state index contributed by atoms with van der Waals surface area (Å²) < 4.78 is 5.19. The molecule has 1 amide bonds. The second-order valence-electron chi connectivity index (χ2n) is 7.79. The number of amides is 1. The minimum absolute atomic E-state index is 0.127. The number of benzene rings is 1. The van der Waals surface area contributed by atoms with Gasteiger partial charge in [0.25, 0.3) is 5.91 Å². The van der Waals surface area contributed by atoms with Gasteiger partial charge in [0.05, 0.1) is 18.7 Å². The molecule has 35 heavy (non-hydrogen) atoms. The van der Waals surface area contributed by atoms with Crippen LogP contribution in [0.5, 0.6) is 5.75 Å². The molecule has 1 aliphatic heterocycles. The van der Waals surface area contributed by atoms with Gasteiger partial charge in [-0.25, -0.2) is 19.7 Å². The summed E-state index contributed by atoms with van der Waals surface area (Å²) in [5.74, 6) is 0.171. The Kier molecular flexibility index (Phi) is 7.56. The molecule has 0 aliphatic carbocycles. The largest absolute Gasteiger partial charge is 0.495 e. The summed E-state index contributed by atoms with van der Waals surface area (Å²) in [4.78, 5) is 43.3. The van der Waals surface area contributed by atoms with Crippen LogP contribution in [0.2, 0.25) is 5.02 Å². The maximum absolute atomic E-state index is 13.0. The van der Waals surface area contributed by atoms with Crippen molar-refractivity contribution in [1.82, 2.24) is 25.3 Å². The second-order valence-corrected chi connectivity index (χ2v) is 8.20. The number of aromatic nitrogens is 4. The molecule has 1 aliphatic rings. The van der Waals surface area contributed by atoms with Crippen molar-refractivity contribution in [3.8, 4) is 5.75 Å². The molecule has 0 bridgehead atoms. The zero-order valence-electron chi connectivity index (χ0n) is 18.9. The van der Waals surface area contributed by atoms with Gasteiger partial charge in [-0.3, -0.25) is 4.79 Å². The second kappa shape index (κ2) is 11.0. The Hall–Kier alpha value is -3.99. The number of ether oxygens (including phenoxy) is 1. The summed E-state index contributed by atoms with van der Waals surface area (Å²) in [7, 11) is 1.54. The summed E-state index contributed by atoms with van der Waals surface area (Å²) in [6.45, 7) is 0.953. The van der Waals surface area contributed by atoms with Crippen LogP contribution in [-0.4, -0.2) is 56.6 Å². The van der Waals surface area contributed by atoms with Crippen molar-refractivity contribution >= 4 is 35.2 Å². The van der Waals surface area contributed by atoms with Gasteiger partial charge in [0.15, 0.2) is 0 Å². The number of carboxylic acids is 1.